The van der Waals surface area contributed by atoms with E-state index >= 15 is 0 Å². The SMILES string of the molecule is O=C(CC1c2ccccc2C2(CC2)C(=O)N1c1c(F)c(F)c(F)c(F)c1F)OCc1ccccc1. The molecule has 2 aliphatic rings. The first-order valence-corrected chi connectivity index (χ1v) is 10.9. The Morgan fingerprint density at radius 3 is 2.06 bits per heavy atom. The Morgan fingerprint density at radius 1 is 0.857 bits per heavy atom. The summed E-state index contributed by atoms with van der Waals surface area (Å²) in [5, 5.41) is 0. The third-order valence-corrected chi connectivity index (χ3v) is 6.56. The van der Waals surface area contributed by atoms with E-state index in [0.29, 0.717) is 34.4 Å². The summed E-state index contributed by atoms with van der Waals surface area (Å²) in [6, 6.07) is 14.0. The third-order valence-electron chi connectivity index (χ3n) is 6.56. The van der Waals surface area contributed by atoms with Crippen LogP contribution in [0.4, 0.5) is 27.6 Å². The van der Waals surface area contributed by atoms with Crippen LogP contribution in [0.15, 0.2) is 54.6 Å². The quantitative estimate of drug-likeness (QED) is 0.203. The molecule has 0 radical (unpaired) electrons. The summed E-state index contributed by atoms with van der Waals surface area (Å²) in [6.45, 7) is -0.0888. The molecule has 5 rings (SSSR count). The number of carbonyl (C=O) groups excluding carboxylic acids is 2. The smallest absolute Gasteiger partial charge is 0.308 e. The molecule has 1 spiro atoms. The molecular weight excluding hydrogens is 469 g/mol. The van der Waals surface area contributed by atoms with Crippen molar-refractivity contribution in [1.29, 1.82) is 0 Å². The summed E-state index contributed by atoms with van der Waals surface area (Å²) in [5.41, 5.74) is -0.847. The van der Waals surface area contributed by atoms with Crippen molar-refractivity contribution in [3.8, 4) is 0 Å². The van der Waals surface area contributed by atoms with Crippen LogP contribution < -0.4 is 4.90 Å². The van der Waals surface area contributed by atoms with E-state index in [1.54, 1.807) is 54.6 Å². The van der Waals surface area contributed by atoms with Gasteiger partial charge in [-0.3, -0.25) is 14.5 Å². The highest BCUT2D eigenvalue weighted by Gasteiger charge is 2.59. The molecule has 1 aliphatic carbocycles. The monoisotopic (exact) mass is 487 g/mol. The minimum absolute atomic E-state index is 0.0888. The minimum Gasteiger partial charge on any atom is -0.461 e. The van der Waals surface area contributed by atoms with E-state index < -0.39 is 64.5 Å². The highest BCUT2D eigenvalue weighted by Crippen LogP contribution is 2.57. The standard InChI is InChI=1S/C26H18F5NO3/c27-19-20(28)22(30)24(23(31)21(19)29)32-17(12-18(33)35-13-14-6-2-1-3-7-14)15-8-4-5-9-16(15)26(10-11-26)25(32)34/h1-9,17H,10-13H2. The molecule has 1 saturated carbocycles. The molecule has 180 valence electrons. The molecule has 0 saturated heterocycles. The molecule has 3 aromatic carbocycles. The fourth-order valence-electron chi connectivity index (χ4n) is 4.68. The van der Waals surface area contributed by atoms with E-state index in [0.717, 1.165) is 0 Å². The number of carbonyl (C=O) groups is 2. The van der Waals surface area contributed by atoms with E-state index in [2.05, 4.69) is 0 Å². The molecule has 3 aromatic rings. The van der Waals surface area contributed by atoms with Crippen molar-refractivity contribution in [2.45, 2.75) is 37.3 Å². The number of benzene rings is 3. The molecular formula is C26H18F5NO3. The van der Waals surface area contributed by atoms with Crippen LogP contribution in [0, 0.1) is 29.1 Å². The van der Waals surface area contributed by atoms with Gasteiger partial charge in [-0.05, 0) is 29.5 Å². The lowest BCUT2D eigenvalue weighted by Gasteiger charge is -2.41. The number of fused-ring (bicyclic) bond motifs is 2. The number of rotatable bonds is 5. The van der Waals surface area contributed by atoms with Crippen molar-refractivity contribution < 1.29 is 36.3 Å². The summed E-state index contributed by atoms with van der Waals surface area (Å²) >= 11 is 0. The predicted molar refractivity (Wildman–Crippen MR) is 115 cm³/mol. The van der Waals surface area contributed by atoms with Crippen molar-refractivity contribution in [3.63, 3.8) is 0 Å². The number of hydrogen-bond acceptors (Lipinski definition) is 3. The van der Waals surface area contributed by atoms with E-state index in [1.807, 2.05) is 0 Å². The largest absolute Gasteiger partial charge is 0.461 e. The van der Waals surface area contributed by atoms with Crippen molar-refractivity contribution in [1.82, 2.24) is 0 Å². The Hall–Kier alpha value is -3.75. The van der Waals surface area contributed by atoms with Crippen LogP contribution in [0.3, 0.4) is 0 Å². The molecule has 35 heavy (non-hydrogen) atoms. The molecule has 1 atom stereocenters. The van der Waals surface area contributed by atoms with Gasteiger partial charge >= 0.3 is 5.97 Å². The van der Waals surface area contributed by atoms with Gasteiger partial charge in [0.05, 0.1) is 17.9 Å². The lowest BCUT2D eigenvalue weighted by atomic mass is 9.80. The van der Waals surface area contributed by atoms with E-state index in [9.17, 15) is 31.5 Å². The fourth-order valence-corrected chi connectivity index (χ4v) is 4.68. The molecule has 1 unspecified atom stereocenters. The molecule has 0 aromatic heterocycles. The first-order valence-electron chi connectivity index (χ1n) is 10.9. The highest BCUT2D eigenvalue weighted by atomic mass is 19.2. The maximum Gasteiger partial charge on any atom is 0.308 e. The molecule has 0 N–H and O–H groups in total. The van der Waals surface area contributed by atoms with Gasteiger partial charge < -0.3 is 4.74 Å². The summed E-state index contributed by atoms with van der Waals surface area (Å²) in [5.74, 6) is -12.5. The summed E-state index contributed by atoms with van der Waals surface area (Å²) in [4.78, 5) is 26.9. The first kappa shape index (κ1) is 23.0. The molecule has 1 heterocycles. The lowest BCUT2D eigenvalue weighted by molar-refractivity contribution is -0.145. The maximum atomic E-state index is 14.9. The van der Waals surface area contributed by atoms with Crippen LogP contribution in [-0.4, -0.2) is 11.9 Å². The van der Waals surface area contributed by atoms with Crippen LogP contribution in [0.25, 0.3) is 0 Å². The Balaban J connectivity index is 1.59. The van der Waals surface area contributed by atoms with Gasteiger partial charge in [-0.2, -0.15) is 0 Å². The summed E-state index contributed by atoms with van der Waals surface area (Å²) < 4.78 is 76.9. The number of amides is 1. The zero-order valence-corrected chi connectivity index (χ0v) is 18.2. The number of halogens is 5. The fraction of sp³-hybridized carbons (Fsp3) is 0.231. The van der Waals surface area contributed by atoms with Gasteiger partial charge in [0.2, 0.25) is 11.7 Å². The first-order chi connectivity index (χ1) is 16.8. The van der Waals surface area contributed by atoms with Gasteiger partial charge in [0.15, 0.2) is 23.3 Å². The predicted octanol–water partition coefficient (Wildman–Crippen LogP) is 5.64. The second-order valence-electron chi connectivity index (χ2n) is 8.63. The molecule has 4 nitrogen and oxygen atoms in total. The van der Waals surface area contributed by atoms with Crippen molar-refractivity contribution >= 4 is 17.6 Å². The van der Waals surface area contributed by atoms with Gasteiger partial charge in [-0.25, -0.2) is 22.0 Å². The number of esters is 1. The van der Waals surface area contributed by atoms with Crippen molar-refractivity contribution in [2.75, 3.05) is 4.90 Å². The Labute approximate surface area is 196 Å². The normalized spacial score (nSPS) is 17.9. The van der Waals surface area contributed by atoms with Crippen molar-refractivity contribution in [2.24, 2.45) is 0 Å². The highest BCUT2D eigenvalue weighted by molar-refractivity contribution is 6.06. The van der Waals surface area contributed by atoms with Gasteiger partial charge in [0.25, 0.3) is 0 Å². The number of ether oxygens (including phenoxy) is 1. The van der Waals surface area contributed by atoms with E-state index in [1.165, 1.54) is 0 Å². The topological polar surface area (TPSA) is 46.6 Å². The summed E-state index contributed by atoms with van der Waals surface area (Å²) in [7, 11) is 0. The van der Waals surface area contributed by atoms with Gasteiger partial charge in [0.1, 0.15) is 12.3 Å². The Morgan fingerprint density at radius 2 is 1.43 bits per heavy atom. The van der Waals surface area contributed by atoms with Gasteiger partial charge in [0, 0.05) is 0 Å². The van der Waals surface area contributed by atoms with Crippen LogP contribution in [-0.2, 0) is 26.3 Å². The lowest BCUT2D eigenvalue weighted by Crippen LogP contribution is -2.48. The van der Waals surface area contributed by atoms with Crippen LogP contribution in [0.2, 0.25) is 0 Å². The molecule has 1 fully saturated rings. The molecule has 1 amide bonds. The zero-order chi connectivity index (χ0) is 24.9. The zero-order valence-electron chi connectivity index (χ0n) is 18.2. The maximum absolute atomic E-state index is 14.9. The number of hydrogen-bond donors (Lipinski definition) is 0. The second-order valence-corrected chi connectivity index (χ2v) is 8.63. The van der Waals surface area contributed by atoms with E-state index in [4.69, 9.17) is 4.74 Å². The van der Waals surface area contributed by atoms with E-state index in [-0.39, 0.29) is 6.61 Å². The average Bonchev–Trinajstić information content (AvgIpc) is 3.68. The Kier molecular flexibility index (Phi) is 5.57. The molecule has 0 bridgehead atoms. The number of nitrogens with zero attached hydrogens (tertiary/aromatic N) is 1. The number of anilines is 1. The third kappa shape index (κ3) is 3.66. The second kappa shape index (κ2) is 8.48. The van der Waals surface area contributed by atoms with Crippen molar-refractivity contribution in [3.05, 3.63) is 100 Å². The van der Waals surface area contributed by atoms with Gasteiger partial charge in [-0.15, -0.1) is 0 Å². The summed E-state index contributed by atoms with van der Waals surface area (Å²) in [6.07, 6.45) is 0.144. The average molecular weight is 487 g/mol. The Bertz CT molecular complexity index is 1310. The van der Waals surface area contributed by atoms with Gasteiger partial charge in [-0.1, -0.05) is 54.6 Å². The molecule has 9 heteroatoms. The van der Waals surface area contributed by atoms with Crippen LogP contribution in [0.1, 0.15) is 42.0 Å². The van der Waals surface area contributed by atoms with Crippen LogP contribution in [0.5, 0.6) is 0 Å². The molecule has 1 aliphatic heterocycles. The van der Waals surface area contributed by atoms with Crippen LogP contribution >= 0.6 is 0 Å². The minimum atomic E-state index is -2.33.